The highest BCUT2D eigenvalue weighted by molar-refractivity contribution is 5.84. The number of fused-ring (bicyclic) bond motifs is 1. The molecule has 0 atom stereocenters. The smallest absolute Gasteiger partial charge is 0.242 e. The van der Waals surface area contributed by atoms with Crippen molar-refractivity contribution in [2.45, 2.75) is 32.5 Å². The third-order valence-corrected chi connectivity index (χ3v) is 5.19. The van der Waals surface area contributed by atoms with Crippen molar-refractivity contribution in [3.8, 4) is 11.1 Å². The maximum atomic E-state index is 13.5. The normalized spacial score (nSPS) is 15.4. The summed E-state index contributed by atoms with van der Waals surface area (Å²) in [6, 6.07) is 8.81. The van der Waals surface area contributed by atoms with Gasteiger partial charge in [0.15, 0.2) is 0 Å². The number of pyridine rings is 1. The molecule has 0 unspecified atom stereocenters. The molecule has 1 aliphatic rings. The van der Waals surface area contributed by atoms with Gasteiger partial charge >= 0.3 is 0 Å². The van der Waals surface area contributed by atoms with Crippen molar-refractivity contribution in [2.75, 3.05) is 13.1 Å². The number of hydrogen-bond acceptors (Lipinski definition) is 2. The molecule has 6 heteroatoms. The standard InChI is InChI=1S/C21H21F2N3O/c1-14-10-15(2-3-18(14)23)16-11-20-19(24-12-16)6-9-26(20)13-21(27)25-7-4-17(22)5-8-25/h2-3,6,9-12,17H,4-5,7-8,13H2,1H3. The Morgan fingerprint density at radius 3 is 2.70 bits per heavy atom. The van der Waals surface area contributed by atoms with Gasteiger partial charge in [-0.25, -0.2) is 8.78 Å². The first-order valence-corrected chi connectivity index (χ1v) is 9.14. The number of piperidine rings is 1. The Kier molecular flexibility index (Phi) is 4.64. The van der Waals surface area contributed by atoms with E-state index in [1.807, 2.05) is 22.9 Å². The van der Waals surface area contributed by atoms with Crippen LogP contribution in [0.25, 0.3) is 22.2 Å². The van der Waals surface area contributed by atoms with E-state index < -0.39 is 6.17 Å². The van der Waals surface area contributed by atoms with Crippen LogP contribution in [0.3, 0.4) is 0 Å². The highest BCUT2D eigenvalue weighted by Crippen LogP contribution is 2.25. The Labute approximate surface area is 156 Å². The van der Waals surface area contributed by atoms with Crippen LogP contribution in [0.4, 0.5) is 8.78 Å². The van der Waals surface area contributed by atoms with Gasteiger partial charge in [0, 0.05) is 31.0 Å². The van der Waals surface area contributed by atoms with Crippen molar-refractivity contribution in [2.24, 2.45) is 0 Å². The first kappa shape index (κ1) is 17.6. The molecular weight excluding hydrogens is 348 g/mol. The first-order chi connectivity index (χ1) is 13.0. The minimum absolute atomic E-state index is 0.0116. The number of halogens is 2. The predicted molar refractivity (Wildman–Crippen MR) is 101 cm³/mol. The third-order valence-electron chi connectivity index (χ3n) is 5.19. The Bertz CT molecular complexity index is 990. The Hall–Kier alpha value is -2.76. The molecule has 1 amide bonds. The summed E-state index contributed by atoms with van der Waals surface area (Å²) < 4.78 is 28.7. The second-order valence-corrected chi connectivity index (χ2v) is 7.09. The molecule has 1 aliphatic heterocycles. The van der Waals surface area contributed by atoms with Crippen molar-refractivity contribution in [1.29, 1.82) is 0 Å². The van der Waals surface area contributed by atoms with E-state index in [1.165, 1.54) is 6.07 Å². The minimum Gasteiger partial charge on any atom is -0.341 e. The monoisotopic (exact) mass is 369 g/mol. The van der Waals surface area contributed by atoms with Crippen molar-refractivity contribution in [3.05, 3.63) is 54.1 Å². The molecule has 0 aliphatic carbocycles. The number of aryl methyl sites for hydroxylation is 1. The molecule has 27 heavy (non-hydrogen) atoms. The average Bonchev–Trinajstić information content (AvgIpc) is 3.06. The largest absolute Gasteiger partial charge is 0.341 e. The maximum Gasteiger partial charge on any atom is 0.242 e. The van der Waals surface area contributed by atoms with Gasteiger partial charge in [0.1, 0.15) is 18.5 Å². The SMILES string of the molecule is Cc1cc(-c2cnc3ccn(CC(=O)N4CCC(F)CC4)c3c2)ccc1F. The number of rotatable bonds is 3. The Morgan fingerprint density at radius 2 is 1.96 bits per heavy atom. The summed E-state index contributed by atoms with van der Waals surface area (Å²) >= 11 is 0. The summed E-state index contributed by atoms with van der Waals surface area (Å²) in [5.41, 5.74) is 3.98. The van der Waals surface area contributed by atoms with E-state index in [9.17, 15) is 13.6 Å². The average molecular weight is 369 g/mol. The van der Waals surface area contributed by atoms with Crippen molar-refractivity contribution in [3.63, 3.8) is 0 Å². The zero-order chi connectivity index (χ0) is 19.0. The predicted octanol–water partition coefficient (Wildman–Crippen LogP) is 4.11. The van der Waals surface area contributed by atoms with Crippen LogP contribution in [0.15, 0.2) is 42.7 Å². The molecule has 2 aromatic heterocycles. The highest BCUT2D eigenvalue weighted by atomic mass is 19.1. The topological polar surface area (TPSA) is 38.1 Å². The van der Waals surface area contributed by atoms with E-state index in [1.54, 1.807) is 30.2 Å². The van der Waals surface area contributed by atoms with Gasteiger partial charge in [0.2, 0.25) is 5.91 Å². The second kappa shape index (κ2) is 7.10. The Balaban J connectivity index is 1.60. The molecule has 140 valence electrons. The van der Waals surface area contributed by atoms with Crippen molar-refractivity contribution >= 4 is 16.9 Å². The molecule has 3 aromatic rings. The Morgan fingerprint density at radius 1 is 1.19 bits per heavy atom. The lowest BCUT2D eigenvalue weighted by Gasteiger charge is -2.28. The number of alkyl halides is 1. The highest BCUT2D eigenvalue weighted by Gasteiger charge is 2.22. The first-order valence-electron chi connectivity index (χ1n) is 9.14. The van der Waals surface area contributed by atoms with E-state index in [-0.39, 0.29) is 18.3 Å². The zero-order valence-corrected chi connectivity index (χ0v) is 15.2. The fraction of sp³-hybridized carbons (Fsp3) is 0.333. The molecule has 1 aromatic carbocycles. The van der Waals surface area contributed by atoms with Crippen LogP contribution in [0.1, 0.15) is 18.4 Å². The fourth-order valence-corrected chi connectivity index (χ4v) is 3.53. The maximum absolute atomic E-state index is 13.5. The lowest BCUT2D eigenvalue weighted by atomic mass is 10.0. The molecule has 3 heterocycles. The van der Waals surface area contributed by atoms with Gasteiger partial charge in [-0.1, -0.05) is 6.07 Å². The van der Waals surface area contributed by atoms with Gasteiger partial charge in [-0.3, -0.25) is 9.78 Å². The van der Waals surface area contributed by atoms with Crippen LogP contribution < -0.4 is 0 Å². The second-order valence-electron chi connectivity index (χ2n) is 7.09. The molecule has 1 saturated heterocycles. The lowest BCUT2D eigenvalue weighted by molar-refractivity contribution is -0.133. The number of benzene rings is 1. The van der Waals surface area contributed by atoms with E-state index in [2.05, 4.69) is 4.98 Å². The minimum atomic E-state index is -0.799. The van der Waals surface area contributed by atoms with Crippen LogP contribution in [0.2, 0.25) is 0 Å². The van der Waals surface area contributed by atoms with E-state index in [4.69, 9.17) is 0 Å². The quantitative estimate of drug-likeness (QED) is 0.697. The van der Waals surface area contributed by atoms with Crippen LogP contribution in [0.5, 0.6) is 0 Å². The zero-order valence-electron chi connectivity index (χ0n) is 15.2. The number of carbonyl (C=O) groups excluding carboxylic acids is 1. The lowest BCUT2D eigenvalue weighted by Crippen LogP contribution is -2.40. The van der Waals surface area contributed by atoms with Crippen LogP contribution in [-0.2, 0) is 11.3 Å². The molecule has 4 nitrogen and oxygen atoms in total. The summed E-state index contributed by atoms with van der Waals surface area (Å²) in [6.07, 6.45) is 3.62. The number of carbonyl (C=O) groups is 1. The summed E-state index contributed by atoms with van der Waals surface area (Å²) in [4.78, 5) is 18.8. The van der Waals surface area contributed by atoms with E-state index >= 15 is 0 Å². The van der Waals surface area contributed by atoms with Crippen molar-refractivity contribution in [1.82, 2.24) is 14.5 Å². The number of amides is 1. The number of aromatic nitrogens is 2. The van der Waals surface area contributed by atoms with Gasteiger partial charge in [-0.05, 0) is 55.2 Å². The molecule has 0 saturated carbocycles. The molecule has 0 spiro atoms. The van der Waals surface area contributed by atoms with Crippen LogP contribution in [0, 0.1) is 12.7 Å². The number of nitrogens with zero attached hydrogens (tertiary/aromatic N) is 3. The molecule has 4 rings (SSSR count). The van der Waals surface area contributed by atoms with E-state index in [0.29, 0.717) is 31.5 Å². The van der Waals surface area contributed by atoms with Gasteiger partial charge in [-0.15, -0.1) is 0 Å². The summed E-state index contributed by atoms with van der Waals surface area (Å²) in [5, 5.41) is 0. The van der Waals surface area contributed by atoms with Crippen LogP contribution in [-0.4, -0.2) is 39.6 Å². The third kappa shape index (κ3) is 3.56. The molecular formula is C21H21F2N3O. The molecule has 0 radical (unpaired) electrons. The summed E-state index contributed by atoms with van der Waals surface area (Å²) in [6.45, 7) is 2.87. The van der Waals surface area contributed by atoms with Gasteiger partial charge < -0.3 is 9.47 Å². The summed E-state index contributed by atoms with van der Waals surface area (Å²) in [5.74, 6) is -0.249. The molecule has 1 fully saturated rings. The van der Waals surface area contributed by atoms with Gasteiger partial charge in [0.25, 0.3) is 0 Å². The van der Waals surface area contributed by atoms with Gasteiger partial charge in [0.05, 0.1) is 11.0 Å². The van der Waals surface area contributed by atoms with Gasteiger partial charge in [-0.2, -0.15) is 0 Å². The number of likely N-dealkylation sites (tertiary alicyclic amines) is 1. The molecule has 0 N–H and O–H groups in total. The van der Waals surface area contributed by atoms with Crippen molar-refractivity contribution < 1.29 is 13.6 Å². The molecule has 0 bridgehead atoms. The fourth-order valence-electron chi connectivity index (χ4n) is 3.53. The summed E-state index contributed by atoms with van der Waals surface area (Å²) in [7, 11) is 0. The van der Waals surface area contributed by atoms with E-state index in [0.717, 1.165) is 22.2 Å². The van der Waals surface area contributed by atoms with Crippen LogP contribution >= 0.6 is 0 Å². The number of hydrogen-bond donors (Lipinski definition) is 0.